The van der Waals surface area contributed by atoms with Gasteiger partial charge >= 0.3 is 0 Å². The van der Waals surface area contributed by atoms with Crippen LogP contribution < -0.4 is 0 Å². The molecule has 1 aliphatic heterocycles. The molecule has 1 aromatic rings. The molecular formula is C17H29N2O2P. The second-order valence-electron chi connectivity index (χ2n) is 6.16. The summed E-state index contributed by atoms with van der Waals surface area (Å²) in [7, 11) is -2.73. The molecule has 22 heavy (non-hydrogen) atoms. The van der Waals surface area contributed by atoms with Crippen LogP contribution in [0.1, 0.15) is 63.5 Å². The number of unbranched alkanes of at least 4 members (excludes halogenated alkanes) is 3. The molecule has 2 unspecified atom stereocenters. The fourth-order valence-corrected chi connectivity index (χ4v) is 4.98. The van der Waals surface area contributed by atoms with E-state index >= 15 is 0 Å². The molecule has 2 rings (SSSR count). The molecule has 1 aromatic heterocycles. The Labute approximate surface area is 134 Å². The van der Waals surface area contributed by atoms with Gasteiger partial charge in [0.1, 0.15) is 0 Å². The molecule has 0 spiro atoms. The van der Waals surface area contributed by atoms with Crippen molar-refractivity contribution in [2.75, 3.05) is 19.8 Å². The first-order valence-electron chi connectivity index (χ1n) is 8.54. The maximum Gasteiger partial charge on any atom is 0.269 e. The van der Waals surface area contributed by atoms with Crippen molar-refractivity contribution in [1.82, 2.24) is 9.65 Å². The van der Waals surface area contributed by atoms with Crippen molar-refractivity contribution in [3.05, 3.63) is 30.1 Å². The number of piperidine rings is 1. The molecule has 2 heterocycles. The number of nitrogens with zero attached hydrogens (tertiary/aromatic N) is 2. The summed E-state index contributed by atoms with van der Waals surface area (Å²) in [6.45, 7) is 5.42. The summed E-state index contributed by atoms with van der Waals surface area (Å²) in [6.07, 6.45) is 11.6. The molecule has 0 N–H and O–H groups in total. The van der Waals surface area contributed by atoms with E-state index in [2.05, 4.69) is 22.6 Å². The first-order chi connectivity index (χ1) is 10.6. The van der Waals surface area contributed by atoms with Crippen LogP contribution in [-0.4, -0.2) is 29.5 Å². The van der Waals surface area contributed by atoms with Crippen LogP contribution in [0.4, 0.5) is 0 Å². The van der Waals surface area contributed by atoms with Crippen LogP contribution in [0.5, 0.6) is 0 Å². The average molecular weight is 324 g/mol. The average Bonchev–Trinajstić information content (AvgIpc) is 2.55. The molecule has 124 valence electrons. The molecule has 0 radical (unpaired) electrons. The standard InChI is InChI=1S/C17H29N2O2P/c1-3-4-5-8-14-21-22(2,20)19-13-7-6-11-17(19)16-10-9-12-18-15-16/h9-10,12,15,17H,3-8,11,13-14H2,1-2H3. The Bertz CT molecular complexity index is 481. The van der Waals surface area contributed by atoms with E-state index in [1.807, 2.05) is 12.3 Å². The quantitative estimate of drug-likeness (QED) is 0.497. The zero-order valence-corrected chi connectivity index (χ0v) is 14.8. The Morgan fingerprint density at radius 3 is 2.95 bits per heavy atom. The van der Waals surface area contributed by atoms with E-state index in [1.54, 1.807) is 12.9 Å². The maximum atomic E-state index is 13.1. The molecule has 1 aliphatic rings. The molecule has 0 aliphatic carbocycles. The monoisotopic (exact) mass is 324 g/mol. The van der Waals surface area contributed by atoms with E-state index in [0.29, 0.717) is 6.61 Å². The number of hydrogen-bond donors (Lipinski definition) is 0. The smallest absolute Gasteiger partial charge is 0.269 e. The summed E-state index contributed by atoms with van der Waals surface area (Å²) in [4.78, 5) is 4.22. The zero-order chi connectivity index (χ0) is 15.8. The maximum absolute atomic E-state index is 13.1. The number of pyridine rings is 1. The van der Waals surface area contributed by atoms with Gasteiger partial charge in [0.2, 0.25) is 0 Å². The lowest BCUT2D eigenvalue weighted by Gasteiger charge is -2.39. The Hall–Kier alpha value is -0.700. The fourth-order valence-electron chi connectivity index (χ4n) is 3.10. The predicted octanol–water partition coefficient (Wildman–Crippen LogP) is 5.03. The third-order valence-electron chi connectivity index (χ3n) is 4.34. The summed E-state index contributed by atoms with van der Waals surface area (Å²) >= 11 is 0. The SMILES string of the molecule is CCCCCCOP(C)(=O)N1CCCCC1c1cccnc1. The van der Waals surface area contributed by atoms with Crippen LogP contribution in [0.3, 0.4) is 0 Å². The Kier molecular flexibility index (Phi) is 7.07. The van der Waals surface area contributed by atoms with Gasteiger partial charge in [-0.2, -0.15) is 0 Å². The van der Waals surface area contributed by atoms with E-state index < -0.39 is 7.52 Å². The Balaban J connectivity index is 1.98. The van der Waals surface area contributed by atoms with Gasteiger partial charge in [-0.3, -0.25) is 9.55 Å². The Morgan fingerprint density at radius 1 is 1.36 bits per heavy atom. The van der Waals surface area contributed by atoms with Crippen molar-refractivity contribution >= 4 is 7.52 Å². The van der Waals surface area contributed by atoms with Gasteiger partial charge < -0.3 is 4.52 Å². The highest BCUT2D eigenvalue weighted by Gasteiger charge is 2.35. The van der Waals surface area contributed by atoms with E-state index in [1.165, 1.54) is 19.3 Å². The normalized spacial score (nSPS) is 22.4. The predicted molar refractivity (Wildman–Crippen MR) is 91.2 cm³/mol. The first-order valence-corrected chi connectivity index (χ1v) is 10.6. The lowest BCUT2D eigenvalue weighted by molar-refractivity contribution is 0.196. The van der Waals surface area contributed by atoms with Gasteiger partial charge in [0.15, 0.2) is 0 Å². The van der Waals surface area contributed by atoms with Crippen LogP contribution in [0.25, 0.3) is 0 Å². The third-order valence-corrected chi connectivity index (χ3v) is 6.41. The first kappa shape index (κ1) is 17.7. The summed E-state index contributed by atoms with van der Waals surface area (Å²) in [5.74, 6) is 0. The van der Waals surface area contributed by atoms with Gasteiger partial charge in [-0.15, -0.1) is 0 Å². The van der Waals surface area contributed by atoms with Crippen molar-refractivity contribution in [2.24, 2.45) is 0 Å². The summed E-state index contributed by atoms with van der Waals surface area (Å²) in [5, 5.41) is 0. The molecule has 0 bridgehead atoms. The third kappa shape index (κ3) is 4.91. The lowest BCUT2D eigenvalue weighted by atomic mass is 9.99. The van der Waals surface area contributed by atoms with Crippen molar-refractivity contribution in [2.45, 2.75) is 57.9 Å². The molecule has 0 aromatic carbocycles. The highest BCUT2D eigenvalue weighted by Crippen LogP contribution is 2.54. The van der Waals surface area contributed by atoms with Crippen LogP contribution in [0.15, 0.2) is 24.5 Å². The second-order valence-corrected chi connectivity index (χ2v) is 8.54. The summed E-state index contributed by atoms with van der Waals surface area (Å²) in [5.41, 5.74) is 1.15. The molecule has 2 atom stereocenters. The number of rotatable bonds is 8. The topological polar surface area (TPSA) is 42.4 Å². The summed E-state index contributed by atoms with van der Waals surface area (Å²) in [6, 6.07) is 4.21. The van der Waals surface area contributed by atoms with Gasteiger partial charge in [-0.25, -0.2) is 4.67 Å². The van der Waals surface area contributed by atoms with Crippen molar-refractivity contribution in [1.29, 1.82) is 0 Å². The molecule has 5 heteroatoms. The van der Waals surface area contributed by atoms with Gasteiger partial charge in [0, 0.05) is 31.6 Å². The van der Waals surface area contributed by atoms with Crippen LogP contribution >= 0.6 is 7.52 Å². The minimum Gasteiger partial charge on any atom is -0.318 e. The number of hydrogen-bond acceptors (Lipinski definition) is 3. The molecule has 1 fully saturated rings. The van der Waals surface area contributed by atoms with Gasteiger partial charge in [0.25, 0.3) is 7.52 Å². The zero-order valence-electron chi connectivity index (χ0n) is 13.9. The highest BCUT2D eigenvalue weighted by molar-refractivity contribution is 7.55. The van der Waals surface area contributed by atoms with Crippen LogP contribution in [0, 0.1) is 0 Å². The van der Waals surface area contributed by atoms with Gasteiger partial charge in [-0.05, 0) is 30.9 Å². The van der Waals surface area contributed by atoms with Crippen molar-refractivity contribution in [3.63, 3.8) is 0 Å². The van der Waals surface area contributed by atoms with E-state index in [-0.39, 0.29) is 6.04 Å². The van der Waals surface area contributed by atoms with E-state index in [0.717, 1.165) is 37.8 Å². The summed E-state index contributed by atoms with van der Waals surface area (Å²) < 4.78 is 21.0. The molecule has 4 nitrogen and oxygen atoms in total. The molecule has 0 amide bonds. The Morgan fingerprint density at radius 2 is 2.23 bits per heavy atom. The van der Waals surface area contributed by atoms with E-state index in [9.17, 15) is 4.57 Å². The molecule has 1 saturated heterocycles. The van der Waals surface area contributed by atoms with Crippen LogP contribution in [-0.2, 0) is 9.09 Å². The number of aromatic nitrogens is 1. The largest absolute Gasteiger partial charge is 0.318 e. The van der Waals surface area contributed by atoms with E-state index in [4.69, 9.17) is 4.52 Å². The minimum atomic E-state index is -2.73. The van der Waals surface area contributed by atoms with Crippen molar-refractivity contribution < 1.29 is 9.09 Å². The lowest BCUT2D eigenvalue weighted by Crippen LogP contribution is -2.31. The van der Waals surface area contributed by atoms with Crippen LogP contribution in [0.2, 0.25) is 0 Å². The van der Waals surface area contributed by atoms with Gasteiger partial charge in [0.05, 0.1) is 6.61 Å². The minimum absolute atomic E-state index is 0.175. The van der Waals surface area contributed by atoms with Crippen molar-refractivity contribution in [3.8, 4) is 0 Å². The molecule has 0 saturated carbocycles. The molecular weight excluding hydrogens is 295 g/mol. The van der Waals surface area contributed by atoms with Gasteiger partial charge in [-0.1, -0.05) is 38.7 Å². The second kappa shape index (κ2) is 8.81. The highest BCUT2D eigenvalue weighted by atomic mass is 31.2. The fraction of sp³-hybridized carbons (Fsp3) is 0.706.